The van der Waals surface area contributed by atoms with E-state index in [1.165, 1.54) is 12.3 Å². The highest BCUT2D eigenvalue weighted by Gasteiger charge is 2.37. The molecule has 1 aliphatic heterocycles. The molecule has 21 heavy (non-hydrogen) atoms. The van der Waals surface area contributed by atoms with Crippen LogP contribution in [0.3, 0.4) is 0 Å². The van der Waals surface area contributed by atoms with Gasteiger partial charge in [0.1, 0.15) is 5.76 Å². The number of carbonyl (C=O) groups is 2. The van der Waals surface area contributed by atoms with Crippen LogP contribution in [0.5, 0.6) is 0 Å². The molecule has 3 rings (SSSR count). The molecule has 0 aliphatic carbocycles. The first-order valence-corrected chi connectivity index (χ1v) is 6.91. The minimum Gasteiger partial charge on any atom is -0.461 e. The van der Waals surface area contributed by atoms with Crippen molar-refractivity contribution in [2.24, 2.45) is 0 Å². The number of nitrogens with zero attached hydrogens (tertiary/aromatic N) is 2. The van der Waals surface area contributed by atoms with Crippen molar-refractivity contribution in [2.45, 2.75) is 32.7 Å². The molecule has 0 radical (unpaired) electrons. The van der Waals surface area contributed by atoms with Crippen LogP contribution in [0.15, 0.2) is 27.3 Å². The Bertz CT molecular complexity index is 652. The van der Waals surface area contributed by atoms with Crippen LogP contribution in [-0.2, 0) is 4.79 Å². The van der Waals surface area contributed by atoms with Crippen LogP contribution in [0.25, 0.3) is 0 Å². The molecule has 0 bridgehead atoms. The molecule has 0 saturated carbocycles. The summed E-state index contributed by atoms with van der Waals surface area (Å²) in [6.07, 6.45) is 3.04. The van der Waals surface area contributed by atoms with Crippen molar-refractivity contribution in [2.75, 3.05) is 6.54 Å². The van der Waals surface area contributed by atoms with Crippen LogP contribution < -0.4 is 0 Å². The Labute approximate surface area is 121 Å². The number of furan rings is 1. The maximum absolute atomic E-state index is 12.4. The Kier molecular flexibility index (Phi) is 3.37. The summed E-state index contributed by atoms with van der Waals surface area (Å²) in [6.45, 7) is 4.23. The summed E-state index contributed by atoms with van der Waals surface area (Å²) in [5.41, 5.74) is 1.68. The minimum absolute atomic E-state index is 0.0735. The van der Waals surface area contributed by atoms with Gasteiger partial charge >= 0.3 is 0 Å². The number of ketones is 1. The molecule has 6 heteroatoms. The Balaban J connectivity index is 1.88. The summed E-state index contributed by atoms with van der Waals surface area (Å²) in [5.74, 6) is -0.377. The van der Waals surface area contributed by atoms with Crippen molar-refractivity contribution in [3.8, 4) is 0 Å². The number of aromatic nitrogens is 1. The summed E-state index contributed by atoms with van der Waals surface area (Å²) >= 11 is 0. The molecule has 2 aromatic heterocycles. The minimum atomic E-state index is -0.612. The normalized spacial score (nSPS) is 18.2. The Morgan fingerprint density at radius 3 is 2.81 bits per heavy atom. The zero-order valence-corrected chi connectivity index (χ0v) is 12.0. The molecule has 1 atom stereocenters. The van der Waals surface area contributed by atoms with E-state index in [4.69, 9.17) is 8.94 Å². The zero-order valence-electron chi connectivity index (χ0n) is 12.0. The molecule has 110 valence electrons. The summed E-state index contributed by atoms with van der Waals surface area (Å²) in [4.78, 5) is 26.2. The Morgan fingerprint density at radius 1 is 1.38 bits per heavy atom. The zero-order chi connectivity index (χ0) is 15.0. The molecule has 0 aromatic carbocycles. The van der Waals surface area contributed by atoms with Crippen LogP contribution in [0, 0.1) is 13.8 Å². The number of hydrogen-bond donors (Lipinski definition) is 0. The predicted octanol–water partition coefficient (Wildman–Crippen LogP) is 2.43. The molecular formula is C15H16N2O4. The average molecular weight is 288 g/mol. The lowest BCUT2D eigenvalue weighted by Gasteiger charge is -2.23. The number of Topliss-reactive ketones (excluding diaryl/α,β-unsaturated/α-hetero) is 1. The molecule has 6 nitrogen and oxygen atoms in total. The van der Waals surface area contributed by atoms with E-state index < -0.39 is 11.7 Å². The number of aryl methyl sites for hydroxylation is 2. The number of rotatable bonds is 3. The van der Waals surface area contributed by atoms with Crippen molar-refractivity contribution in [3.63, 3.8) is 0 Å². The van der Waals surface area contributed by atoms with Crippen molar-refractivity contribution in [3.05, 3.63) is 41.2 Å². The first-order chi connectivity index (χ1) is 10.1. The number of carbonyl (C=O) groups excluding carboxylic acids is 2. The average Bonchev–Trinajstić information content (AvgIpc) is 3.18. The topological polar surface area (TPSA) is 76.6 Å². The molecule has 3 heterocycles. The largest absolute Gasteiger partial charge is 0.461 e. The maximum atomic E-state index is 12.4. The van der Waals surface area contributed by atoms with Gasteiger partial charge in [-0.25, -0.2) is 0 Å². The highest BCUT2D eigenvalue weighted by Crippen LogP contribution is 2.35. The van der Waals surface area contributed by atoms with E-state index in [9.17, 15) is 9.59 Å². The van der Waals surface area contributed by atoms with Crippen LogP contribution in [0.2, 0.25) is 0 Å². The molecule has 1 aliphatic rings. The molecule has 1 amide bonds. The van der Waals surface area contributed by atoms with Gasteiger partial charge in [0.25, 0.3) is 11.7 Å². The van der Waals surface area contributed by atoms with Gasteiger partial charge in [0.2, 0.25) is 0 Å². The fourth-order valence-electron chi connectivity index (χ4n) is 2.92. The molecule has 1 fully saturated rings. The summed E-state index contributed by atoms with van der Waals surface area (Å²) < 4.78 is 10.2. The third-order valence-corrected chi connectivity index (χ3v) is 3.87. The van der Waals surface area contributed by atoms with E-state index in [2.05, 4.69) is 5.16 Å². The van der Waals surface area contributed by atoms with Crippen LogP contribution >= 0.6 is 0 Å². The number of amides is 1. The van der Waals surface area contributed by atoms with Gasteiger partial charge in [-0.15, -0.1) is 0 Å². The van der Waals surface area contributed by atoms with Gasteiger partial charge in [-0.2, -0.15) is 0 Å². The Morgan fingerprint density at radius 2 is 2.19 bits per heavy atom. The van der Waals surface area contributed by atoms with Gasteiger partial charge in [0.15, 0.2) is 5.76 Å². The number of likely N-dealkylation sites (tertiary alicyclic amines) is 1. The van der Waals surface area contributed by atoms with Crippen LogP contribution in [0.1, 0.15) is 46.5 Å². The molecule has 0 spiro atoms. The third-order valence-electron chi connectivity index (χ3n) is 3.87. The smallest absolute Gasteiger partial charge is 0.298 e. The van der Waals surface area contributed by atoms with E-state index in [1.807, 2.05) is 13.8 Å². The lowest BCUT2D eigenvalue weighted by molar-refractivity contribution is -0.127. The fraction of sp³-hybridized carbons (Fsp3) is 0.400. The quantitative estimate of drug-likeness (QED) is 0.640. The van der Waals surface area contributed by atoms with Gasteiger partial charge in [0.05, 0.1) is 18.0 Å². The first-order valence-electron chi connectivity index (χ1n) is 6.91. The maximum Gasteiger partial charge on any atom is 0.298 e. The van der Waals surface area contributed by atoms with Gasteiger partial charge in [-0.1, -0.05) is 5.16 Å². The van der Waals surface area contributed by atoms with Crippen molar-refractivity contribution in [1.29, 1.82) is 0 Å². The predicted molar refractivity (Wildman–Crippen MR) is 72.7 cm³/mol. The molecule has 1 saturated heterocycles. The standard InChI is InChI=1S/C15H16N2O4/c1-9-13(10(2)21-16-9)11-5-3-7-17(11)15(19)14(18)12-6-4-8-20-12/h4,6,8,11H,3,5,7H2,1-2H3/t11-/m1/s1. The Hall–Kier alpha value is -2.37. The van der Waals surface area contributed by atoms with E-state index in [-0.39, 0.29) is 11.8 Å². The molecule has 2 aromatic rings. The summed E-state index contributed by atoms with van der Waals surface area (Å²) in [7, 11) is 0. The monoisotopic (exact) mass is 288 g/mol. The van der Waals surface area contributed by atoms with E-state index in [0.29, 0.717) is 12.3 Å². The summed E-state index contributed by atoms with van der Waals surface area (Å²) in [5, 5.41) is 3.93. The van der Waals surface area contributed by atoms with Gasteiger partial charge < -0.3 is 13.8 Å². The molecular weight excluding hydrogens is 272 g/mol. The third kappa shape index (κ3) is 2.26. The van der Waals surface area contributed by atoms with E-state index in [0.717, 1.165) is 24.1 Å². The molecule has 0 unspecified atom stereocenters. The van der Waals surface area contributed by atoms with E-state index in [1.54, 1.807) is 11.0 Å². The van der Waals surface area contributed by atoms with Crippen LogP contribution in [-0.4, -0.2) is 28.3 Å². The SMILES string of the molecule is Cc1noc(C)c1[C@H]1CCCN1C(=O)C(=O)c1ccco1. The second-order valence-electron chi connectivity index (χ2n) is 5.20. The van der Waals surface area contributed by atoms with Gasteiger partial charge in [-0.3, -0.25) is 9.59 Å². The van der Waals surface area contributed by atoms with E-state index >= 15 is 0 Å². The van der Waals surface area contributed by atoms with Gasteiger partial charge in [0, 0.05) is 12.1 Å². The van der Waals surface area contributed by atoms with Crippen molar-refractivity contribution < 1.29 is 18.5 Å². The lowest BCUT2D eigenvalue weighted by atomic mass is 10.0. The van der Waals surface area contributed by atoms with Crippen molar-refractivity contribution >= 4 is 11.7 Å². The van der Waals surface area contributed by atoms with Crippen molar-refractivity contribution in [1.82, 2.24) is 10.1 Å². The number of hydrogen-bond acceptors (Lipinski definition) is 5. The highest BCUT2D eigenvalue weighted by atomic mass is 16.5. The lowest BCUT2D eigenvalue weighted by Crippen LogP contribution is -2.36. The molecule has 0 N–H and O–H groups in total. The first kappa shape index (κ1) is 13.6. The van der Waals surface area contributed by atoms with Crippen LogP contribution in [0.4, 0.5) is 0 Å². The second-order valence-corrected chi connectivity index (χ2v) is 5.20. The van der Waals surface area contributed by atoms with Gasteiger partial charge in [-0.05, 0) is 38.8 Å². The summed E-state index contributed by atoms with van der Waals surface area (Å²) in [6, 6.07) is 2.94. The fourth-order valence-corrected chi connectivity index (χ4v) is 2.92. The highest BCUT2D eigenvalue weighted by molar-refractivity contribution is 6.42. The second kappa shape index (κ2) is 5.20.